The maximum atomic E-state index is 15.5. The second kappa shape index (κ2) is 10.3. The minimum atomic E-state index is -4.76. The lowest BCUT2D eigenvalue weighted by Crippen LogP contribution is -2.37. The van der Waals surface area contributed by atoms with Gasteiger partial charge in [0.15, 0.2) is 0 Å². The molecule has 2 atom stereocenters. The zero-order valence-corrected chi connectivity index (χ0v) is 21.7. The Balaban J connectivity index is 1.95. The maximum Gasteiger partial charge on any atom is 0.417 e. The monoisotopic (exact) mass is 562 g/mol. The van der Waals surface area contributed by atoms with Crippen LogP contribution in [0.1, 0.15) is 63.0 Å². The van der Waals surface area contributed by atoms with E-state index in [9.17, 15) is 30.6 Å². The smallest absolute Gasteiger partial charge is 0.347 e. The molecule has 3 aromatic rings. The van der Waals surface area contributed by atoms with Gasteiger partial charge in [-0.1, -0.05) is 31.0 Å². The molecule has 4 rings (SSSR count). The van der Waals surface area contributed by atoms with E-state index in [-0.39, 0.29) is 33.5 Å². The summed E-state index contributed by atoms with van der Waals surface area (Å²) in [5.41, 5.74) is -1.75. The van der Waals surface area contributed by atoms with Gasteiger partial charge in [0, 0.05) is 29.2 Å². The number of fused-ring (bicyclic) bond motifs is 1. The summed E-state index contributed by atoms with van der Waals surface area (Å²) >= 11 is 0. The fourth-order valence-corrected chi connectivity index (χ4v) is 5.72. The van der Waals surface area contributed by atoms with Crippen molar-refractivity contribution in [2.45, 2.75) is 75.5 Å². The van der Waals surface area contributed by atoms with Crippen molar-refractivity contribution in [3.8, 4) is 11.1 Å². The molecule has 1 fully saturated rings. The minimum absolute atomic E-state index is 0.0327. The quantitative estimate of drug-likeness (QED) is 0.291. The highest BCUT2D eigenvalue weighted by Crippen LogP contribution is 2.46. The van der Waals surface area contributed by atoms with Gasteiger partial charge in [-0.05, 0) is 68.4 Å². The molecule has 3 nitrogen and oxygen atoms in total. The van der Waals surface area contributed by atoms with Gasteiger partial charge in [-0.15, -0.1) is 0 Å². The van der Waals surface area contributed by atoms with E-state index in [4.69, 9.17) is 5.14 Å². The molecule has 2 aromatic carbocycles. The summed E-state index contributed by atoms with van der Waals surface area (Å²) in [6, 6.07) is 6.65. The molecule has 1 aliphatic rings. The Bertz CT molecular complexity index is 1340. The van der Waals surface area contributed by atoms with Crippen LogP contribution in [0.15, 0.2) is 42.6 Å². The number of halogens is 7. The average molecular weight is 563 g/mol. The predicted molar refractivity (Wildman–Crippen MR) is 134 cm³/mol. The summed E-state index contributed by atoms with van der Waals surface area (Å²) in [5.74, 6) is -2.98. The molecule has 1 aromatic heterocycles. The number of alkyl halides is 6. The molecule has 1 aliphatic carbocycles. The van der Waals surface area contributed by atoms with Crippen LogP contribution in [0.2, 0.25) is 0 Å². The molecule has 0 bridgehead atoms. The molecule has 0 amide bonds. The lowest BCUT2D eigenvalue weighted by Gasteiger charge is -2.29. The van der Waals surface area contributed by atoms with E-state index in [1.165, 1.54) is 38.2 Å². The third-order valence-electron chi connectivity index (χ3n) is 7.46. The van der Waals surface area contributed by atoms with Crippen LogP contribution in [0.3, 0.4) is 0 Å². The van der Waals surface area contributed by atoms with Crippen molar-refractivity contribution in [1.82, 2.24) is 4.57 Å². The molecule has 1 unspecified atom stereocenters. The summed E-state index contributed by atoms with van der Waals surface area (Å²) in [4.78, 5) is 0. The Morgan fingerprint density at radius 1 is 1.03 bits per heavy atom. The zero-order chi connectivity index (χ0) is 28.0. The minimum Gasteiger partial charge on any atom is -0.347 e. The molecule has 11 heteroatoms. The van der Waals surface area contributed by atoms with E-state index in [2.05, 4.69) is 0 Å². The second-order valence-electron chi connectivity index (χ2n) is 10.6. The van der Waals surface area contributed by atoms with Crippen molar-refractivity contribution in [2.75, 3.05) is 0 Å². The Morgan fingerprint density at radius 2 is 1.66 bits per heavy atom. The summed E-state index contributed by atoms with van der Waals surface area (Å²) in [6.07, 6.45) is -5.07. The first kappa shape index (κ1) is 28.6. The second-order valence-corrected chi connectivity index (χ2v) is 12.3. The molecular formula is C27H29F7N2OS. The van der Waals surface area contributed by atoms with E-state index in [0.29, 0.717) is 6.54 Å². The summed E-state index contributed by atoms with van der Waals surface area (Å²) in [7, 11) is -2.07. The Morgan fingerprint density at radius 3 is 2.24 bits per heavy atom. The molecule has 1 saturated carbocycles. The maximum absolute atomic E-state index is 15.5. The summed E-state index contributed by atoms with van der Waals surface area (Å²) in [5, 5.41) is 5.44. The first-order chi connectivity index (χ1) is 17.6. The van der Waals surface area contributed by atoms with Crippen molar-refractivity contribution in [2.24, 2.45) is 11.1 Å². The Hall–Kier alpha value is -2.40. The van der Waals surface area contributed by atoms with Gasteiger partial charge < -0.3 is 4.57 Å². The number of hydrogen-bond donors (Lipinski definition) is 1. The van der Waals surface area contributed by atoms with Crippen molar-refractivity contribution in [3.05, 3.63) is 59.5 Å². The summed E-state index contributed by atoms with van der Waals surface area (Å²) < 4.78 is 112. The number of aromatic nitrogens is 1. The third-order valence-corrected chi connectivity index (χ3v) is 8.72. The largest absolute Gasteiger partial charge is 0.417 e. The fourth-order valence-electron chi connectivity index (χ4n) is 5.38. The van der Waals surface area contributed by atoms with Gasteiger partial charge in [-0.2, -0.15) is 26.3 Å². The topological polar surface area (TPSA) is 48.0 Å². The van der Waals surface area contributed by atoms with Crippen LogP contribution in [-0.2, 0) is 23.7 Å². The highest BCUT2D eigenvalue weighted by molar-refractivity contribution is 7.84. The molecule has 2 N–H and O–H groups in total. The van der Waals surface area contributed by atoms with Crippen molar-refractivity contribution >= 4 is 21.9 Å². The first-order valence-electron chi connectivity index (χ1n) is 12.3. The van der Waals surface area contributed by atoms with Gasteiger partial charge in [0.1, 0.15) is 5.82 Å². The van der Waals surface area contributed by atoms with Crippen molar-refractivity contribution in [3.63, 3.8) is 0 Å². The molecule has 38 heavy (non-hydrogen) atoms. The van der Waals surface area contributed by atoms with Crippen molar-refractivity contribution < 1.29 is 34.9 Å². The Labute approximate surface area is 218 Å². The standard InChI is InChI=1S/C27H29F7N2OS/c1-25(2,38(35)37)13-22(27(32,33)34)20-15-36(14-16-7-3-4-8-16)24-12-18(23(28)11-19(20)24)17-9-5-6-10-21(17)26(29,30)31/h5-6,9-12,15-16,22H,3-4,7-8,13-14,35H2,1-2H3/t22-,38?/m0/s1. The third kappa shape index (κ3) is 5.78. The highest BCUT2D eigenvalue weighted by atomic mass is 32.2. The molecule has 0 spiro atoms. The first-order valence-corrected chi connectivity index (χ1v) is 13.5. The van der Waals surface area contributed by atoms with E-state index >= 15 is 4.39 Å². The van der Waals surface area contributed by atoms with E-state index < -0.39 is 51.8 Å². The number of hydrogen-bond acceptors (Lipinski definition) is 1. The van der Waals surface area contributed by atoms with Gasteiger partial charge in [0.2, 0.25) is 0 Å². The van der Waals surface area contributed by atoms with E-state index in [1.54, 1.807) is 4.57 Å². The lowest BCUT2D eigenvalue weighted by molar-refractivity contribution is -0.152. The fraction of sp³-hybridized carbons (Fsp3) is 0.481. The molecule has 1 heterocycles. The van der Waals surface area contributed by atoms with E-state index in [1.807, 2.05) is 0 Å². The van der Waals surface area contributed by atoms with Crippen LogP contribution in [0.4, 0.5) is 30.7 Å². The average Bonchev–Trinajstić information content (AvgIpc) is 3.44. The van der Waals surface area contributed by atoms with Crippen molar-refractivity contribution in [1.29, 1.82) is 0 Å². The van der Waals surface area contributed by atoms with Gasteiger partial charge in [0.05, 0.1) is 27.2 Å². The SMILES string of the molecule is CC(C)(C[C@@H](c1cn(CC2CCCC2)c2cc(-c3ccccc3C(F)(F)F)c(F)cc12)C(F)(F)F)S(N)=O. The van der Waals surface area contributed by atoms with Gasteiger partial charge in [0.25, 0.3) is 0 Å². The number of benzene rings is 2. The van der Waals surface area contributed by atoms with Gasteiger partial charge in [-0.25, -0.2) is 8.60 Å². The number of nitrogens with two attached hydrogens (primary N) is 1. The van der Waals surface area contributed by atoms with Gasteiger partial charge >= 0.3 is 12.4 Å². The van der Waals surface area contributed by atoms with Crippen LogP contribution in [0.5, 0.6) is 0 Å². The number of nitrogens with zero attached hydrogens (tertiary/aromatic N) is 1. The van der Waals surface area contributed by atoms with Crippen LogP contribution < -0.4 is 5.14 Å². The molecule has 0 saturated heterocycles. The predicted octanol–water partition coefficient (Wildman–Crippen LogP) is 8.09. The normalized spacial score (nSPS) is 17.3. The van der Waals surface area contributed by atoms with Crippen LogP contribution in [-0.4, -0.2) is 19.7 Å². The van der Waals surface area contributed by atoms with Gasteiger partial charge in [-0.3, -0.25) is 5.14 Å². The highest BCUT2D eigenvalue weighted by Gasteiger charge is 2.46. The van der Waals surface area contributed by atoms with Crippen LogP contribution >= 0.6 is 0 Å². The molecule has 0 aliphatic heterocycles. The summed E-state index contributed by atoms with van der Waals surface area (Å²) in [6.45, 7) is 3.10. The van der Waals surface area contributed by atoms with Crippen LogP contribution in [0.25, 0.3) is 22.0 Å². The van der Waals surface area contributed by atoms with E-state index in [0.717, 1.165) is 43.9 Å². The molecule has 0 radical (unpaired) electrons. The molecule has 208 valence electrons. The number of rotatable bonds is 7. The lowest BCUT2D eigenvalue weighted by atomic mass is 9.88. The Kier molecular flexibility index (Phi) is 7.75. The molecular weight excluding hydrogens is 533 g/mol. The zero-order valence-electron chi connectivity index (χ0n) is 20.9. The van der Waals surface area contributed by atoms with Crippen LogP contribution in [0, 0.1) is 11.7 Å².